The van der Waals surface area contributed by atoms with Crippen LogP contribution < -0.4 is 0 Å². The molecule has 0 atom stereocenters. The van der Waals surface area contributed by atoms with Crippen molar-refractivity contribution >= 4 is 11.8 Å². The number of nitro groups is 1. The Balaban J connectivity index is 2.19. The van der Waals surface area contributed by atoms with Gasteiger partial charge in [0.15, 0.2) is 5.76 Å². The van der Waals surface area contributed by atoms with Crippen molar-refractivity contribution in [2.75, 3.05) is 0 Å². The van der Waals surface area contributed by atoms with Crippen molar-refractivity contribution in [1.82, 2.24) is 4.90 Å². The first-order valence-corrected chi connectivity index (χ1v) is 5.57. The molecule has 1 heterocycles. The average Bonchev–Trinajstić information content (AvgIpc) is 2.94. The van der Waals surface area contributed by atoms with E-state index in [9.17, 15) is 14.9 Å². The Morgan fingerprint density at radius 3 is 2.59 bits per heavy atom. The second kappa shape index (κ2) is 4.20. The molecule has 1 aromatic rings. The number of carbonyl (C=O) groups excluding carboxylic acids is 1. The summed E-state index contributed by atoms with van der Waals surface area (Å²) in [6.45, 7) is 3.85. The van der Waals surface area contributed by atoms with Crippen molar-refractivity contribution in [2.24, 2.45) is 0 Å². The fourth-order valence-electron chi connectivity index (χ4n) is 1.84. The number of hydrogen-bond acceptors (Lipinski definition) is 4. The lowest BCUT2D eigenvalue weighted by Gasteiger charge is -2.25. The van der Waals surface area contributed by atoms with Crippen LogP contribution in [-0.2, 0) is 0 Å². The average molecular weight is 238 g/mol. The predicted molar refractivity (Wildman–Crippen MR) is 59.7 cm³/mol. The third-order valence-electron chi connectivity index (χ3n) is 2.71. The van der Waals surface area contributed by atoms with Crippen LogP contribution in [0, 0.1) is 10.1 Å². The van der Waals surface area contributed by atoms with Crippen molar-refractivity contribution < 1.29 is 14.1 Å². The van der Waals surface area contributed by atoms with E-state index in [0.29, 0.717) is 0 Å². The Kier molecular flexibility index (Phi) is 2.87. The van der Waals surface area contributed by atoms with E-state index in [-0.39, 0.29) is 23.8 Å². The molecule has 0 radical (unpaired) electrons. The molecule has 0 aliphatic heterocycles. The van der Waals surface area contributed by atoms with E-state index in [4.69, 9.17) is 4.42 Å². The number of carbonyl (C=O) groups is 1. The summed E-state index contributed by atoms with van der Waals surface area (Å²) in [4.78, 5) is 23.7. The van der Waals surface area contributed by atoms with Crippen LogP contribution in [0.5, 0.6) is 0 Å². The molecule has 1 saturated carbocycles. The van der Waals surface area contributed by atoms with E-state index in [1.165, 1.54) is 12.1 Å². The largest absolute Gasteiger partial charge is 0.433 e. The van der Waals surface area contributed by atoms with Crippen LogP contribution >= 0.6 is 0 Å². The minimum atomic E-state index is -0.645. The zero-order chi connectivity index (χ0) is 12.6. The van der Waals surface area contributed by atoms with Gasteiger partial charge in [-0.3, -0.25) is 14.9 Å². The van der Waals surface area contributed by atoms with Crippen LogP contribution in [0.1, 0.15) is 37.2 Å². The van der Waals surface area contributed by atoms with E-state index in [1.807, 2.05) is 13.8 Å². The van der Waals surface area contributed by atoms with E-state index < -0.39 is 10.8 Å². The maximum atomic E-state index is 12.1. The summed E-state index contributed by atoms with van der Waals surface area (Å²) >= 11 is 0. The van der Waals surface area contributed by atoms with E-state index >= 15 is 0 Å². The van der Waals surface area contributed by atoms with Crippen molar-refractivity contribution in [3.63, 3.8) is 0 Å². The summed E-state index contributed by atoms with van der Waals surface area (Å²) in [5.74, 6) is -0.624. The molecule has 0 bridgehead atoms. The van der Waals surface area contributed by atoms with Gasteiger partial charge in [-0.15, -0.1) is 0 Å². The highest BCUT2D eigenvalue weighted by Gasteiger charge is 2.36. The first-order valence-electron chi connectivity index (χ1n) is 5.57. The second-order valence-electron chi connectivity index (χ2n) is 4.43. The fourth-order valence-corrected chi connectivity index (χ4v) is 1.84. The third kappa shape index (κ3) is 2.30. The molecule has 0 spiro atoms. The van der Waals surface area contributed by atoms with Crippen molar-refractivity contribution in [2.45, 2.75) is 38.8 Å². The highest BCUT2D eigenvalue weighted by molar-refractivity contribution is 5.92. The number of furan rings is 1. The molecule has 1 aliphatic carbocycles. The summed E-state index contributed by atoms with van der Waals surface area (Å²) in [5, 5.41) is 10.5. The molecule has 1 fully saturated rings. The Morgan fingerprint density at radius 1 is 1.53 bits per heavy atom. The molecule has 1 aliphatic rings. The lowest BCUT2D eigenvalue weighted by molar-refractivity contribution is -0.402. The molecule has 1 amide bonds. The van der Waals surface area contributed by atoms with Crippen molar-refractivity contribution in [3.8, 4) is 0 Å². The van der Waals surface area contributed by atoms with Gasteiger partial charge in [-0.25, -0.2) is 0 Å². The molecule has 2 rings (SSSR count). The van der Waals surface area contributed by atoms with E-state index in [1.54, 1.807) is 4.90 Å². The monoisotopic (exact) mass is 238 g/mol. The predicted octanol–water partition coefficient (Wildman–Crippen LogP) is 2.20. The van der Waals surface area contributed by atoms with Crippen LogP contribution in [0.2, 0.25) is 0 Å². The van der Waals surface area contributed by atoms with Gasteiger partial charge in [0.05, 0.1) is 6.07 Å². The summed E-state index contributed by atoms with van der Waals surface area (Å²) in [6.07, 6.45) is 1.99. The molecule has 0 N–H and O–H groups in total. The molecule has 1 aromatic heterocycles. The van der Waals surface area contributed by atoms with Crippen LogP contribution in [0.15, 0.2) is 16.5 Å². The first-order chi connectivity index (χ1) is 8.00. The standard InChI is InChI=1S/C11H14N2O4/c1-7(2)12(8-3-4-8)11(14)9-5-6-10(17-9)13(15)16/h5-8H,3-4H2,1-2H3. The van der Waals surface area contributed by atoms with E-state index in [0.717, 1.165) is 12.8 Å². The minimum Gasteiger partial charge on any atom is -0.395 e. The van der Waals surface area contributed by atoms with Gasteiger partial charge in [-0.05, 0) is 32.8 Å². The van der Waals surface area contributed by atoms with Gasteiger partial charge < -0.3 is 9.32 Å². The zero-order valence-corrected chi connectivity index (χ0v) is 9.75. The molecule has 0 unspecified atom stereocenters. The number of hydrogen-bond donors (Lipinski definition) is 0. The van der Waals surface area contributed by atoms with Crippen LogP contribution in [0.4, 0.5) is 5.88 Å². The lowest BCUT2D eigenvalue weighted by Crippen LogP contribution is -2.38. The number of rotatable bonds is 4. The third-order valence-corrected chi connectivity index (χ3v) is 2.71. The SMILES string of the molecule is CC(C)N(C(=O)c1ccc([N+](=O)[O-])o1)C1CC1. The first kappa shape index (κ1) is 11.6. The molecule has 0 saturated heterocycles. The molecule has 17 heavy (non-hydrogen) atoms. The van der Waals surface area contributed by atoms with Gasteiger partial charge in [-0.2, -0.15) is 0 Å². The van der Waals surface area contributed by atoms with Gasteiger partial charge in [0.2, 0.25) is 0 Å². The highest BCUT2D eigenvalue weighted by Crippen LogP contribution is 2.30. The lowest BCUT2D eigenvalue weighted by atomic mass is 10.2. The van der Waals surface area contributed by atoms with Crippen LogP contribution in [-0.4, -0.2) is 27.8 Å². The Hall–Kier alpha value is -1.85. The Bertz CT molecular complexity index is 446. The van der Waals surface area contributed by atoms with Crippen LogP contribution in [0.25, 0.3) is 0 Å². The number of amides is 1. The molecule has 92 valence electrons. The molecule has 6 heteroatoms. The van der Waals surface area contributed by atoms with Gasteiger partial charge in [0.1, 0.15) is 4.92 Å². The van der Waals surface area contributed by atoms with Gasteiger partial charge in [0, 0.05) is 12.1 Å². The molecular formula is C11H14N2O4. The van der Waals surface area contributed by atoms with Crippen molar-refractivity contribution in [1.29, 1.82) is 0 Å². The zero-order valence-electron chi connectivity index (χ0n) is 9.75. The minimum absolute atomic E-state index is 0.0392. The molecular weight excluding hydrogens is 224 g/mol. The quantitative estimate of drug-likeness (QED) is 0.595. The normalized spacial score (nSPS) is 15.0. The van der Waals surface area contributed by atoms with E-state index in [2.05, 4.69) is 0 Å². The maximum absolute atomic E-state index is 12.1. The molecule has 6 nitrogen and oxygen atoms in total. The van der Waals surface area contributed by atoms with Gasteiger partial charge in [0.25, 0.3) is 5.91 Å². The highest BCUT2D eigenvalue weighted by atomic mass is 16.6. The van der Waals surface area contributed by atoms with Gasteiger partial charge >= 0.3 is 5.88 Å². The Labute approximate surface area is 98.3 Å². The summed E-state index contributed by atoms with van der Waals surface area (Å²) < 4.78 is 4.93. The summed E-state index contributed by atoms with van der Waals surface area (Å²) in [7, 11) is 0. The fraction of sp³-hybridized carbons (Fsp3) is 0.545. The smallest absolute Gasteiger partial charge is 0.395 e. The summed E-state index contributed by atoms with van der Waals surface area (Å²) in [5.41, 5.74) is 0. The summed E-state index contributed by atoms with van der Waals surface area (Å²) in [6, 6.07) is 2.89. The van der Waals surface area contributed by atoms with Gasteiger partial charge in [-0.1, -0.05) is 0 Å². The van der Waals surface area contributed by atoms with Crippen LogP contribution in [0.3, 0.4) is 0 Å². The maximum Gasteiger partial charge on any atom is 0.433 e. The number of nitrogens with zero attached hydrogens (tertiary/aromatic N) is 2. The van der Waals surface area contributed by atoms with Crippen molar-refractivity contribution in [3.05, 3.63) is 28.0 Å². The Morgan fingerprint density at radius 2 is 2.18 bits per heavy atom. The second-order valence-corrected chi connectivity index (χ2v) is 4.43. The molecule has 0 aromatic carbocycles. The topological polar surface area (TPSA) is 76.6 Å².